The summed E-state index contributed by atoms with van der Waals surface area (Å²) in [7, 11) is 0. The summed E-state index contributed by atoms with van der Waals surface area (Å²) >= 11 is 9.11. The topological polar surface area (TPSA) is 89.1 Å². The van der Waals surface area contributed by atoms with Crippen LogP contribution in [0, 0.1) is 5.92 Å². The highest BCUT2D eigenvalue weighted by molar-refractivity contribution is 7.19. The number of thiophene rings is 2. The Morgan fingerprint density at radius 2 is 1.95 bits per heavy atom. The predicted octanol–water partition coefficient (Wildman–Crippen LogP) is 6.07. The smallest absolute Gasteiger partial charge is 0.271 e. The van der Waals surface area contributed by atoms with E-state index in [2.05, 4.69) is 25.5 Å². The summed E-state index contributed by atoms with van der Waals surface area (Å²) in [4.78, 5) is 21.5. The molecule has 0 aromatic carbocycles. The Kier molecular flexibility index (Phi) is 7.26. The first-order valence-corrected chi connectivity index (χ1v) is 14.5. The van der Waals surface area contributed by atoms with E-state index in [-0.39, 0.29) is 5.91 Å². The molecule has 0 atom stereocenters. The molecule has 1 aliphatic heterocycles. The molecule has 5 aromatic heterocycles. The second-order valence-electron chi connectivity index (χ2n) is 9.18. The van der Waals surface area contributed by atoms with E-state index < -0.39 is 0 Å². The molecular formula is C27H25ClN6O2S2. The molecule has 11 heteroatoms. The fraction of sp³-hybridized carbons (Fsp3) is 0.259. The van der Waals surface area contributed by atoms with E-state index in [0.29, 0.717) is 34.8 Å². The zero-order valence-corrected chi connectivity index (χ0v) is 22.8. The average molecular weight is 565 g/mol. The number of hydrogen-bond donors (Lipinski definition) is 1. The second-order valence-corrected chi connectivity index (χ2v) is 11.8. The molecule has 1 fully saturated rings. The largest absolute Gasteiger partial charge is 0.371 e. The van der Waals surface area contributed by atoms with E-state index in [1.54, 1.807) is 11.3 Å². The normalized spacial score (nSPS) is 14.2. The van der Waals surface area contributed by atoms with Gasteiger partial charge in [0.2, 0.25) is 0 Å². The molecule has 1 amide bonds. The minimum Gasteiger partial charge on any atom is -0.371 e. The van der Waals surface area contributed by atoms with Crippen molar-refractivity contribution in [3.63, 3.8) is 0 Å². The lowest BCUT2D eigenvalue weighted by atomic mass is 9.96. The number of piperidine rings is 1. The third-order valence-corrected chi connectivity index (χ3v) is 8.80. The number of nitrogens with zero attached hydrogens (tertiary/aromatic N) is 5. The second kappa shape index (κ2) is 11.1. The van der Waals surface area contributed by atoms with E-state index in [9.17, 15) is 4.79 Å². The maximum Gasteiger partial charge on any atom is 0.271 e. The minimum atomic E-state index is -0.160. The standard InChI is InChI=1S/C27H25ClN6O2S2/c28-26-4-3-25(38-26)23-14-19(32-36-23)17-34-22(24-2-1-13-37-24)15-21(31-34)27(35)30-16-18-7-11-33(12-8-18)20-5-9-29-10-6-20/h1-6,9-10,13-15,18H,7-8,11-12,16-17H2,(H,30,35). The Balaban J connectivity index is 1.12. The van der Waals surface area contributed by atoms with Crippen LogP contribution in [-0.4, -0.2) is 45.5 Å². The fourth-order valence-corrected chi connectivity index (χ4v) is 6.39. The van der Waals surface area contributed by atoms with Crippen molar-refractivity contribution in [1.29, 1.82) is 0 Å². The molecular weight excluding hydrogens is 540 g/mol. The van der Waals surface area contributed by atoms with Gasteiger partial charge in [-0.2, -0.15) is 5.10 Å². The first-order chi connectivity index (χ1) is 18.6. The Morgan fingerprint density at radius 1 is 1.11 bits per heavy atom. The van der Waals surface area contributed by atoms with Gasteiger partial charge in [0.1, 0.15) is 5.69 Å². The van der Waals surface area contributed by atoms with E-state index in [1.165, 1.54) is 17.0 Å². The van der Waals surface area contributed by atoms with E-state index in [0.717, 1.165) is 47.1 Å². The van der Waals surface area contributed by atoms with Crippen LogP contribution in [0.15, 0.2) is 70.8 Å². The molecule has 194 valence electrons. The van der Waals surface area contributed by atoms with E-state index in [4.69, 9.17) is 16.1 Å². The number of pyridine rings is 1. The van der Waals surface area contributed by atoms with E-state index in [1.807, 2.05) is 71.0 Å². The summed E-state index contributed by atoms with van der Waals surface area (Å²) in [5.41, 5.74) is 3.20. The number of rotatable bonds is 8. The van der Waals surface area contributed by atoms with Gasteiger partial charge in [-0.15, -0.1) is 22.7 Å². The van der Waals surface area contributed by atoms with Gasteiger partial charge in [-0.05, 0) is 60.5 Å². The predicted molar refractivity (Wildman–Crippen MR) is 151 cm³/mol. The van der Waals surface area contributed by atoms with Crippen molar-refractivity contribution in [3.05, 3.63) is 82.0 Å². The molecule has 0 spiro atoms. The van der Waals surface area contributed by atoms with Crippen LogP contribution in [-0.2, 0) is 6.54 Å². The third kappa shape index (κ3) is 5.52. The number of carbonyl (C=O) groups excluding carboxylic acids is 1. The molecule has 0 unspecified atom stereocenters. The maximum atomic E-state index is 13.1. The Hall–Kier alpha value is -3.47. The van der Waals surface area contributed by atoms with Crippen molar-refractivity contribution >= 4 is 45.9 Å². The molecule has 1 saturated heterocycles. The summed E-state index contributed by atoms with van der Waals surface area (Å²) in [6, 6.07) is 15.6. The van der Waals surface area contributed by atoms with Crippen LogP contribution >= 0.6 is 34.3 Å². The lowest BCUT2D eigenvalue weighted by molar-refractivity contribution is 0.0939. The van der Waals surface area contributed by atoms with Crippen LogP contribution in [0.3, 0.4) is 0 Å². The van der Waals surface area contributed by atoms with Gasteiger partial charge in [-0.3, -0.25) is 14.5 Å². The highest BCUT2D eigenvalue weighted by atomic mass is 35.5. The molecule has 0 bridgehead atoms. The van der Waals surface area contributed by atoms with Crippen molar-refractivity contribution < 1.29 is 9.32 Å². The van der Waals surface area contributed by atoms with Crippen LogP contribution in [0.2, 0.25) is 4.34 Å². The summed E-state index contributed by atoms with van der Waals surface area (Å²) in [6.07, 6.45) is 5.71. The van der Waals surface area contributed by atoms with Gasteiger partial charge in [0.15, 0.2) is 11.5 Å². The van der Waals surface area contributed by atoms with Crippen LogP contribution in [0.1, 0.15) is 29.0 Å². The van der Waals surface area contributed by atoms with Crippen molar-refractivity contribution in [3.8, 4) is 21.2 Å². The lowest BCUT2D eigenvalue weighted by Crippen LogP contribution is -2.38. The van der Waals surface area contributed by atoms with Gasteiger partial charge >= 0.3 is 0 Å². The van der Waals surface area contributed by atoms with Crippen LogP contribution in [0.4, 0.5) is 5.69 Å². The molecule has 0 aliphatic carbocycles. The van der Waals surface area contributed by atoms with Crippen LogP contribution in [0.5, 0.6) is 0 Å². The highest BCUT2D eigenvalue weighted by Gasteiger charge is 2.22. The number of carbonyl (C=O) groups is 1. The molecule has 0 radical (unpaired) electrons. The molecule has 38 heavy (non-hydrogen) atoms. The van der Waals surface area contributed by atoms with Crippen molar-refractivity contribution in [1.82, 2.24) is 25.2 Å². The van der Waals surface area contributed by atoms with Gasteiger partial charge in [0.25, 0.3) is 5.91 Å². The fourth-order valence-electron chi connectivity index (χ4n) is 4.65. The monoisotopic (exact) mass is 564 g/mol. The van der Waals surface area contributed by atoms with Gasteiger partial charge in [-0.1, -0.05) is 22.8 Å². The number of aromatic nitrogens is 4. The maximum absolute atomic E-state index is 13.1. The SMILES string of the molecule is O=C(NCC1CCN(c2ccncc2)CC1)c1cc(-c2cccs2)n(Cc2cc(-c3ccc(Cl)s3)on2)n1. The van der Waals surface area contributed by atoms with E-state index >= 15 is 0 Å². The molecule has 6 rings (SSSR count). The quantitative estimate of drug-likeness (QED) is 0.246. The number of nitrogens with one attached hydrogen (secondary N) is 1. The van der Waals surface area contributed by atoms with Crippen molar-refractivity contribution in [2.45, 2.75) is 19.4 Å². The third-order valence-electron chi connectivity index (χ3n) is 6.67. The molecule has 0 saturated carbocycles. The molecule has 5 aromatic rings. The van der Waals surface area contributed by atoms with Gasteiger partial charge < -0.3 is 14.7 Å². The number of hydrogen-bond acceptors (Lipinski definition) is 8. The summed E-state index contributed by atoms with van der Waals surface area (Å²) in [5, 5.41) is 14.0. The lowest BCUT2D eigenvalue weighted by Gasteiger charge is -2.33. The molecule has 1 aliphatic rings. The Bertz CT molecular complexity index is 1500. The van der Waals surface area contributed by atoms with Gasteiger partial charge in [0.05, 0.1) is 26.3 Å². The first kappa shape index (κ1) is 24.8. The average Bonchev–Trinajstić information content (AvgIpc) is 3.76. The Labute approximate surface area is 232 Å². The van der Waals surface area contributed by atoms with Crippen molar-refractivity contribution in [2.24, 2.45) is 5.92 Å². The summed E-state index contributed by atoms with van der Waals surface area (Å²) < 4.78 is 8.05. The number of halogens is 1. The van der Waals surface area contributed by atoms with Gasteiger partial charge in [0, 0.05) is 43.8 Å². The molecule has 8 nitrogen and oxygen atoms in total. The van der Waals surface area contributed by atoms with Crippen molar-refractivity contribution in [2.75, 3.05) is 24.5 Å². The number of anilines is 1. The summed E-state index contributed by atoms with van der Waals surface area (Å²) in [6.45, 7) is 2.97. The first-order valence-electron chi connectivity index (χ1n) is 12.4. The highest BCUT2D eigenvalue weighted by Crippen LogP contribution is 2.32. The zero-order chi connectivity index (χ0) is 25.9. The van der Waals surface area contributed by atoms with Crippen LogP contribution in [0.25, 0.3) is 21.2 Å². The minimum absolute atomic E-state index is 0.160. The molecule has 6 heterocycles. The Morgan fingerprint density at radius 3 is 2.68 bits per heavy atom. The zero-order valence-electron chi connectivity index (χ0n) is 20.4. The summed E-state index contributed by atoms with van der Waals surface area (Å²) in [5.74, 6) is 0.942. The van der Waals surface area contributed by atoms with Crippen LogP contribution < -0.4 is 10.2 Å². The number of amides is 1. The van der Waals surface area contributed by atoms with Gasteiger partial charge in [-0.25, -0.2) is 0 Å². The molecule has 1 N–H and O–H groups in total.